The first-order chi connectivity index (χ1) is 12.9. The topological polar surface area (TPSA) is 80.5 Å². The summed E-state index contributed by atoms with van der Waals surface area (Å²) in [5.41, 5.74) is 1.90. The molecule has 0 heterocycles. The van der Waals surface area contributed by atoms with E-state index in [1.165, 1.54) is 16.4 Å². The van der Waals surface area contributed by atoms with Gasteiger partial charge in [0.25, 0.3) is 15.7 Å². The summed E-state index contributed by atoms with van der Waals surface area (Å²) in [6, 6.07) is 21.3. The molecule has 3 rings (SSSR count). The van der Waals surface area contributed by atoms with E-state index in [9.17, 15) is 18.5 Å². The minimum absolute atomic E-state index is 0.0120. The molecule has 0 radical (unpaired) electrons. The third-order valence-corrected chi connectivity index (χ3v) is 5.89. The zero-order chi connectivity index (χ0) is 19.4. The Kier molecular flexibility index (Phi) is 5.23. The molecule has 0 saturated carbocycles. The molecular formula is C20H18N2O4S. The maximum Gasteiger partial charge on any atom is 0.269 e. The highest BCUT2D eigenvalue weighted by atomic mass is 32.2. The van der Waals surface area contributed by atoms with Crippen molar-refractivity contribution in [3.63, 3.8) is 0 Å². The van der Waals surface area contributed by atoms with Gasteiger partial charge in [0.1, 0.15) is 0 Å². The molecule has 3 aromatic carbocycles. The Hall–Kier alpha value is -3.19. The number of anilines is 1. The van der Waals surface area contributed by atoms with Crippen LogP contribution in [0.2, 0.25) is 0 Å². The van der Waals surface area contributed by atoms with Crippen molar-refractivity contribution in [1.29, 1.82) is 0 Å². The van der Waals surface area contributed by atoms with E-state index in [1.807, 2.05) is 6.92 Å². The normalized spacial score (nSPS) is 11.1. The fourth-order valence-electron chi connectivity index (χ4n) is 2.68. The maximum absolute atomic E-state index is 13.3. The lowest BCUT2D eigenvalue weighted by atomic mass is 10.2. The van der Waals surface area contributed by atoms with Crippen molar-refractivity contribution in [2.75, 3.05) is 4.31 Å². The third-order valence-electron chi connectivity index (χ3n) is 4.10. The van der Waals surface area contributed by atoms with Crippen molar-refractivity contribution in [2.24, 2.45) is 0 Å². The monoisotopic (exact) mass is 382 g/mol. The molecule has 0 amide bonds. The predicted octanol–water partition coefficient (Wildman–Crippen LogP) is 4.30. The number of sulfonamides is 1. The Balaban J connectivity index is 2.06. The molecule has 0 saturated heterocycles. The number of nitro benzene ring substituents is 1. The molecule has 0 aliphatic carbocycles. The van der Waals surface area contributed by atoms with Crippen molar-refractivity contribution >= 4 is 21.4 Å². The minimum Gasteiger partial charge on any atom is -0.262 e. The Morgan fingerprint density at radius 3 is 2.22 bits per heavy atom. The van der Waals surface area contributed by atoms with Crippen LogP contribution in [0.4, 0.5) is 11.4 Å². The zero-order valence-corrected chi connectivity index (χ0v) is 15.5. The first-order valence-electron chi connectivity index (χ1n) is 8.26. The second-order valence-corrected chi connectivity index (χ2v) is 7.95. The van der Waals surface area contributed by atoms with Crippen LogP contribution in [0.3, 0.4) is 0 Å². The molecule has 7 heteroatoms. The lowest BCUT2D eigenvalue weighted by Gasteiger charge is -2.24. The van der Waals surface area contributed by atoms with Crippen molar-refractivity contribution in [1.82, 2.24) is 0 Å². The number of para-hydroxylation sites is 1. The fraction of sp³-hybridized carbons (Fsp3) is 0.100. The lowest BCUT2D eigenvalue weighted by molar-refractivity contribution is -0.384. The average Bonchev–Trinajstić information content (AvgIpc) is 2.67. The van der Waals surface area contributed by atoms with Crippen LogP contribution in [-0.2, 0) is 16.6 Å². The van der Waals surface area contributed by atoms with Crippen molar-refractivity contribution in [2.45, 2.75) is 18.4 Å². The van der Waals surface area contributed by atoms with Crippen LogP contribution < -0.4 is 4.31 Å². The van der Waals surface area contributed by atoms with Gasteiger partial charge in [-0.2, -0.15) is 0 Å². The fourth-order valence-corrected chi connectivity index (χ4v) is 4.13. The lowest BCUT2D eigenvalue weighted by Crippen LogP contribution is -2.30. The van der Waals surface area contributed by atoms with Crippen LogP contribution in [0.15, 0.2) is 83.8 Å². The van der Waals surface area contributed by atoms with E-state index in [4.69, 9.17) is 0 Å². The quantitative estimate of drug-likeness (QED) is 0.470. The molecule has 0 unspecified atom stereocenters. The van der Waals surface area contributed by atoms with E-state index in [1.54, 1.807) is 66.7 Å². The van der Waals surface area contributed by atoms with E-state index in [-0.39, 0.29) is 17.1 Å². The first kappa shape index (κ1) is 18.6. The molecule has 6 nitrogen and oxygen atoms in total. The Labute approximate surface area is 157 Å². The van der Waals surface area contributed by atoms with Gasteiger partial charge in [-0.25, -0.2) is 8.42 Å². The molecule has 138 valence electrons. The number of nitro groups is 1. The van der Waals surface area contributed by atoms with Crippen molar-refractivity contribution in [3.05, 3.63) is 100 Å². The molecule has 0 fully saturated rings. The largest absolute Gasteiger partial charge is 0.269 e. The van der Waals surface area contributed by atoms with Crippen LogP contribution in [0.25, 0.3) is 0 Å². The SMILES string of the molecule is Cc1ccc(S(=O)(=O)N(Cc2cccc([N+](=O)[O-])c2)c2ccccc2)cc1. The number of aryl methyl sites for hydroxylation is 1. The summed E-state index contributed by atoms with van der Waals surface area (Å²) in [6.07, 6.45) is 0. The molecule has 0 atom stereocenters. The molecule has 0 N–H and O–H groups in total. The number of non-ortho nitro benzene ring substituents is 1. The van der Waals surface area contributed by atoms with Gasteiger partial charge in [-0.3, -0.25) is 14.4 Å². The van der Waals surface area contributed by atoms with Gasteiger partial charge in [0.05, 0.1) is 22.1 Å². The van der Waals surface area contributed by atoms with Gasteiger partial charge >= 0.3 is 0 Å². The van der Waals surface area contributed by atoms with Crippen LogP contribution >= 0.6 is 0 Å². The summed E-state index contributed by atoms with van der Waals surface area (Å²) >= 11 is 0. The molecule has 0 aliphatic rings. The molecule has 27 heavy (non-hydrogen) atoms. The van der Waals surface area contributed by atoms with Gasteiger partial charge < -0.3 is 0 Å². The summed E-state index contributed by atoms with van der Waals surface area (Å²) in [7, 11) is -3.84. The number of benzene rings is 3. The van der Waals surface area contributed by atoms with Gasteiger partial charge in [0.2, 0.25) is 0 Å². The highest BCUT2D eigenvalue weighted by Crippen LogP contribution is 2.27. The standard InChI is InChI=1S/C20H18N2O4S/c1-16-10-12-20(13-11-16)27(25,26)21(18-7-3-2-4-8-18)15-17-6-5-9-19(14-17)22(23)24/h2-14H,15H2,1H3. The van der Waals surface area contributed by atoms with Gasteiger partial charge in [0, 0.05) is 12.1 Å². The minimum atomic E-state index is -3.84. The van der Waals surface area contributed by atoms with Gasteiger partial charge in [-0.1, -0.05) is 48.0 Å². The maximum atomic E-state index is 13.3. The highest BCUT2D eigenvalue weighted by molar-refractivity contribution is 7.92. The number of hydrogen-bond acceptors (Lipinski definition) is 4. The molecular weight excluding hydrogens is 364 g/mol. The first-order valence-corrected chi connectivity index (χ1v) is 9.70. The number of rotatable bonds is 6. The third kappa shape index (κ3) is 4.15. The smallest absolute Gasteiger partial charge is 0.262 e. The molecule has 0 aromatic heterocycles. The molecule has 3 aromatic rings. The van der Waals surface area contributed by atoms with Gasteiger partial charge in [-0.15, -0.1) is 0 Å². The van der Waals surface area contributed by atoms with E-state index < -0.39 is 14.9 Å². The van der Waals surface area contributed by atoms with E-state index >= 15 is 0 Å². The van der Waals surface area contributed by atoms with E-state index in [2.05, 4.69) is 0 Å². The van der Waals surface area contributed by atoms with E-state index in [0.29, 0.717) is 11.3 Å². The Bertz CT molecular complexity index is 1050. The molecule has 0 bridgehead atoms. The summed E-state index contributed by atoms with van der Waals surface area (Å²) in [6.45, 7) is 1.87. The number of hydrogen-bond donors (Lipinski definition) is 0. The van der Waals surface area contributed by atoms with Crippen molar-refractivity contribution < 1.29 is 13.3 Å². The summed E-state index contributed by atoms with van der Waals surface area (Å²) in [5.74, 6) is 0. The Morgan fingerprint density at radius 1 is 0.926 bits per heavy atom. The van der Waals surface area contributed by atoms with Crippen LogP contribution in [0, 0.1) is 17.0 Å². The Morgan fingerprint density at radius 2 is 1.59 bits per heavy atom. The van der Waals surface area contributed by atoms with Crippen LogP contribution in [0.5, 0.6) is 0 Å². The average molecular weight is 382 g/mol. The van der Waals surface area contributed by atoms with Crippen LogP contribution in [0.1, 0.15) is 11.1 Å². The highest BCUT2D eigenvalue weighted by Gasteiger charge is 2.25. The van der Waals surface area contributed by atoms with Crippen LogP contribution in [-0.4, -0.2) is 13.3 Å². The predicted molar refractivity (Wildman–Crippen MR) is 104 cm³/mol. The summed E-state index contributed by atoms with van der Waals surface area (Å²) in [4.78, 5) is 10.7. The van der Waals surface area contributed by atoms with Crippen molar-refractivity contribution in [3.8, 4) is 0 Å². The van der Waals surface area contributed by atoms with Gasteiger partial charge in [-0.05, 0) is 36.8 Å². The molecule has 0 aliphatic heterocycles. The number of nitrogens with zero attached hydrogens (tertiary/aromatic N) is 2. The van der Waals surface area contributed by atoms with Gasteiger partial charge in [0.15, 0.2) is 0 Å². The molecule has 0 spiro atoms. The van der Waals surface area contributed by atoms with E-state index in [0.717, 1.165) is 5.56 Å². The second kappa shape index (κ2) is 7.59. The summed E-state index contributed by atoms with van der Waals surface area (Å²) < 4.78 is 27.8. The summed E-state index contributed by atoms with van der Waals surface area (Å²) in [5, 5.41) is 11.0. The second-order valence-electron chi connectivity index (χ2n) is 6.09. The zero-order valence-electron chi connectivity index (χ0n) is 14.6.